The summed E-state index contributed by atoms with van der Waals surface area (Å²) in [7, 11) is 1.73. The van der Waals surface area contributed by atoms with E-state index in [0.29, 0.717) is 28.6 Å². The molecule has 0 bridgehead atoms. The molecule has 124 valence electrons. The number of nitrogen functional groups attached to an aromatic ring is 1. The lowest BCUT2D eigenvalue weighted by atomic mass is 10.2. The Morgan fingerprint density at radius 3 is 2.62 bits per heavy atom. The lowest BCUT2D eigenvalue weighted by Gasteiger charge is -2.23. The topological polar surface area (TPSA) is 85.8 Å². The van der Waals surface area contributed by atoms with Gasteiger partial charge in [-0.1, -0.05) is 0 Å². The molecular weight excluding hydrogens is 316 g/mol. The zero-order valence-electron chi connectivity index (χ0n) is 12.9. The Morgan fingerprint density at radius 1 is 1.17 bits per heavy atom. The van der Waals surface area contributed by atoms with Crippen LogP contribution in [0.4, 0.5) is 20.5 Å². The summed E-state index contributed by atoms with van der Waals surface area (Å²) in [6, 6.07) is 2.04. The van der Waals surface area contributed by atoms with Crippen LogP contribution in [0.15, 0.2) is 18.3 Å². The van der Waals surface area contributed by atoms with Gasteiger partial charge in [-0.15, -0.1) is 0 Å². The number of nitrogens with two attached hydrogens (primary N) is 1. The van der Waals surface area contributed by atoms with E-state index in [9.17, 15) is 8.78 Å². The maximum atomic E-state index is 13.5. The summed E-state index contributed by atoms with van der Waals surface area (Å²) in [6.07, 6.45) is 3.37. The van der Waals surface area contributed by atoms with Gasteiger partial charge in [0.15, 0.2) is 17.5 Å². The van der Waals surface area contributed by atoms with Crippen molar-refractivity contribution in [3.8, 4) is 0 Å². The minimum atomic E-state index is -0.939. The molecule has 1 aliphatic heterocycles. The Hall–Kier alpha value is -2.84. The van der Waals surface area contributed by atoms with E-state index in [1.807, 2.05) is 4.90 Å². The first-order valence-corrected chi connectivity index (χ1v) is 7.58. The number of hydrogen-bond acceptors (Lipinski definition) is 6. The van der Waals surface area contributed by atoms with Gasteiger partial charge in [-0.3, -0.25) is 4.98 Å². The number of fused-ring (bicyclic) bond motifs is 1. The highest BCUT2D eigenvalue weighted by Gasteiger charge is 2.31. The molecule has 2 aromatic heterocycles. The minimum absolute atomic E-state index is 0.0643. The molecule has 1 unspecified atom stereocenters. The molecule has 7 nitrogen and oxygen atoms in total. The van der Waals surface area contributed by atoms with Crippen molar-refractivity contribution in [2.24, 2.45) is 7.05 Å². The van der Waals surface area contributed by atoms with Crippen molar-refractivity contribution < 1.29 is 8.78 Å². The predicted molar refractivity (Wildman–Crippen MR) is 84.2 cm³/mol. The molecule has 0 aliphatic carbocycles. The molecule has 0 spiro atoms. The van der Waals surface area contributed by atoms with E-state index in [1.165, 1.54) is 4.68 Å². The molecular formula is C15H15F2N7. The predicted octanol–water partition coefficient (Wildman–Crippen LogP) is 1.96. The van der Waals surface area contributed by atoms with Crippen LogP contribution in [-0.4, -0.2) is 31.3 Å². The number of rotatable bonds is 2. The zero-order chi connectivity index (χ0) is 16.8. The molecule has 0 saturated carbocycles. The monoisotopic (exact) mass is 331 g/mol. The van der Waals surface area contributed by atoms with E-state index < -0.39 is 11.6 Å². The van der Waals surface area contributed by atoms with Crippen LogP contribution >= 0.6 is 0 Å². The van der Waals surface area contributed by atoms with E-state index in [-0.39, 0.29) is 6.04 Å². The van der Waals surface area contributed by atoms with E-state index in [4.69, 9.17) is 5.73 Å². The van der Waals surface area contributed by atoms with Crippen LogP contribution in [0.2, 0.25) is 0 Å². The van der Waals surface area contributed by atoms with E-state index in [1.54, 1.807) is 13.2 Å². The van der Waals surface area contributed by atoms with Gasteiger partial charge in [0.1, 0.15) is 5.82 Å². The Kier molecular flexibility index (Phi) is 3.29. The summed E-state index contributed by atoms with van der Waals surface area (Å²) >= 11 is 0. The van der Waals surface area contributed by atoms with E-state index in [0.717, 1.165) is 31.5 Å². The van der Waals surface area contributed by atoms with Crippen molar-refractivity contribution in [1.29, 1.82) is 0 Å². The highest BCUT2D eigenvalue weighted by Crippen LogP contribution is 2.34. The fraction of sp³-hybridized carbons (Fsp3) is 0.333. The van der Waals surface area contributed by atoms with Crippen LogP contribution in [0, 0.1) is 11.6 Å². The van der Waals surface area contributed by atoms with Crippen molar-refractivity contribution in [1.82, 2.24) is 24.7 Å². The molecule has 0 radical (unpaired) electrons. The molecule has 1 aromatic carbocycles. The molecule has 9 heteroatoms. The molecule has 1 aliphatic rings. The molecule has 1 fully saturated rings. The largest absolute Gasteiger partial charge is 0.368 e. The van der Waals surface area contributed by atoms with Gasteiger partial charge in [0, 0.05) is 25.7 Å². The maximum absolute atomic E-state index is 13.5. The Balaban J connectivity index is 1.73. The van der Waals surface area contributed by atoms with Gasteiger partial charge in [-0.05, 0) is 12.8 Å². The number of aromatic nitrogens is 5. The first kappa shape index (κ1) is 14.7. The fourth-order valence-electron chi connectivity index (χ4n) is 3.00. The number of benzene rings is 1. The maximum Gasteiger partial charge on any atom is 0.218 e. The third-order valence-corrected chi connectivity index (χ3v) is 4.23. The summed E-state index contributed by atoms with van der Waals surface area (Å²) in [5, 5.41) is 4.34. The lowest BCUT2D eigenvalue weighted by molar-refractivity contribution is 0.510. The van der Waals surface area contributed by atoms with Crippen molar-refractivity contribution in [3.63, 3.8) is 0 Å². The number of aryl methyl sites for hydroxylation is 1. The molecule has 3 aromatic rings. The molecule has 24 heavy (non-hydrogen) atoms. The fourth-order valence-corrected chi connectivity index (χ4v) is 3.00. The average Bonchev–Trinajstić information content (AvgIpc) is 3.15. The summed E-state index contributed by atoms with van der Waals surface area (Å²) in [5.74, 6) is -0.316. The quantitative estimate of drug-likeness (QED) is 0.772. The molecule has 1 saturated heterocycles. The number of halogens is 2. The van der Waals surface area contributed by atoms with Gasteiger partial charge in [-0.25, -0.2) is 18.4 Å². The highest BCUT2D eigenvalue weighted by atomic mass is 19.2. The Morgan fingerprint density at radius 2 is 1.92 bits per heavy atom. The molecule has 0 amide bonds. The van der Waals surface area contributed by atoms with Gasteiger partial charge in [-0.2, -0.15) is 10.1 Å². The van der Waals surface area contributed by atoms with Crippen molar-refractivity contribution in [3.05, 3.63) is 35.8 Å². The smallest absolute Gasteiger partial charge is 0.218 e. The second-order valence-electron chi connectivity index (χ2n) is 5.79. The second-order valence-corrected chi connectivity index (χ2v) is 5.79. The number of hydrogen-bond donors (Lipinski definition) is 1. The molecule has 1 atom stereocenters. The van der Waals surface area contributed by atoms with Crippen molar-refractivity contribution in [2.45, 2.75) is 18.9 Å². The first-order chi connectivity index (χ1) is 11.5. The van der Waals surface area contributed by atoms with Gasteiger partial charge in [0.2, 0.25) is 5.95 Å². The molecule has 4 rings (SSSR count). The van der Waals surface area contributed by atoms with Crippen LogP contribution in [-0.2, 0) is 7.05 Å². The summed E-state index contributed by atoms with van der Waals surface area (Å²) < 4.78 is 28.3. The normalized spacial score (nSPS) is 17.8. The summed E-state index contributed by atoms with van der Waals surface area (Å²) in [6.45, 7) is 0.757. The summed E-state index contributed by atoms with van der Waals surface area (Å²) in [5.41, 5.74) is 6.39. The van der Waals surface area contributed by atoms with Crippen molar-refractivity contribution in [2.75, 3.05) is 17.2 Å². The zero-order valence-corrected chi connectivity index (χ0v) is 12.9. The lowest BCUT2D eigenvalue weighted by Crippen LogP contribution is -2.24. The van der Waals surface area contributed by atoms with Gasteiger partial charge in [0.05, 0.1) is 23.3 Å². The average molecular weight is 331 g/mol. The van der Waals surface area contributed by atoms with Gasteiger partial charge >= 0.3 is 0 Å². The van der Waals surface area contributed by atoms with Crippen LogP contribution in [0.3, 0.4) is 0 Å². The number of nitrogens with zero attached hydrogens (tertiary/aromatic N) is 6. The van der Waals surface area contributed by atoms with Gasteiger partial charge < -0.3 is 10.6 Å². The van der Waals surface area contributed by atoms with Crippen LogP contribution in [0.25, 0.3) is 11.0 Å². The SMILES string of the molecule is Cn1nc(C2CCCN2c2cnc3cc(F)c(F)cc3n2)nc1N. The highest BCUT2D eigenvalue weighted by molar-refractivity contribution is 5.75. The van der Waals surface area contributed by atoms with E-state index >= 15 is 0 Å². The van der Waals surface area contributed by atoms with Crippen LogP contribution in [0.1, 0.15) is 24.7 Å². The first-order valence-electron chi connectivity index (χ1n) is 7.58. The van der Waals surface area contributed by atoms with Crippen LogP contribution in [0.5, 0.6) is 0 Å². The van der Waals surface area contributed by atoms with E-state index in [2.05, 4.69) is 20.1 Å². The number of anilines is 2. The third-order valence-electron chi connectivity index (χ3n) is 4.23. The Labute approximate surface area is 136 Å². The van der Waals surface area contributed by atoms with Crippen molar-refractivity contribution >= 4 is 22.8 Å². The standard InChI is InChI=1S/C15H15F2N7/c1-23-15(18)21-14(22-23)12-3-2-4-24(12)13-7-19-10-5-8(16)9(17)6-11(10)20-13/h5-7,12H,2-4H2,1H3,(H2,18,21,22). The van der Waals surface area contributed by atoms with Crippen LogP contribution < -0.4 is 10.6 Å². The third kappa shape index (κ3) is 2.32. The summed E-state index contributed by atoms with van der Waals surface area (Å²) in [4.78, 5) is 14.9. The molecule has 2 N–H and O–H groups in total. The second kappa shape index (κ2) is 5.36. The Bertz CT molecular complexity index is 904. The minimum Gasteiger partial charge on any atom is -0.368 e. The van der Waals surface area contributed by atoms with Gasteiger partial charge in [0.25, 0.3) is 0 Å². The molecule has 3 heterocycles.